The number of fused-ring (bicyclic) bond motifs is 3. The minimum atomic E-state index is -0.0340. The molecule has 0 radical (unpaired) electrons. The summed E-state index contributed by atoms with van der Waals surface area (Å²) < 4.78 is 14.3. The minimum absolute atomic E-state index is 0.0340. The molecule has 0 amide bonds. The predicted octanol–water partition coefficient (Wildman–Crippen LogP) is 5.74. The van der Waals surface area contributed by atoms with Crippen LogP contribution < -0.4 is 19.6 Å². The quantitative estimate of drug-likeness (QED) is 0.264. The zero-order valence-electron chi connectivity index (χ0n) is 20.2. The summed E-state index contributed by atoms with van der Waals surface area (Å²) in [7, 11) is 0. The molecule has 2 aromatic heterocycles. The third-order valence-corrected chi connectivity index (χ3v) is 6.90. The highest BCUT2D eigenvalue weighted by atomic mass is 32.1. The molecule has 0 atom stereocenters. The van der Waals surface area contributed by atoms with Crippen molar-refractivity contribution in [3.63, 3.8) is 0 Å². The summed E-state index contributed by atoms with van der Waals surface area (Å²) in [5, 5.41) is 0. The summed E-state index contributed by atoms with van der Waals surface area (Å²) in [5.74, 6) is 2.19. The normalized spacial score (nSPS) is 12.2. The fraction of sp³-hybridized carbons (Fsp3) is 0.241. The lowest BCUT2D eigenvalue weighted by Gasteiger charge is -2.15. The molecule has 5 rings (SSSR count). The van der Waals surface area contributed by atoms with Crippen molar-refractivity contribution in [2.75, 3.05) is 13.2 Å². The topological polar surface area (TPSA) is 52.8 Å². The zero-order valence-corrected chi connectivity index (χ0v) is 21.0. The molecule has 3 aromatic carbocycles. The number of hydrogen-bond donors (Lipinski definition) is 0. The van der Waals surface area contributed by atoms with Gasteiger partial charge in [-0.15, -0.1) is 0 Å². The molecule has 0 fully saturated rings. The molecule has 0 saturated heterocycles. The van der Waals surface area contributed by atoms with E-state index in [2.05, 4.69) is 44.0 Å². The number of para-hydroxylation sites is 2. The van der Waals surface area contributed by atoms with Crippen LogP contribution in [0.1, 0.15) is 42.9 Å². The van der Waals surface area contributed by atoms with Crippen LogP contribution in [0.3, 0.4) is 0 Å². The van der Waals surface area contributed by atoms with Gasteiger partial charge in [0, 0.05) is 6.42 Å². The van der Waals surface area contributed by atoms with Gasteiger partial charge in [0.2, 0.25) is 0 Å². The van der Waals surface area contributed by atoms with Crippen LogP contribution in [0.2, 0.25) is 0 Å². The second kappa shape index (κ2) is 9.92. The molecule has 0 aliphatic rings. The fourth-order valence-corrected chi connectivity index (χ4v) is 5.09. The molecule has 0 unspecified atom stereocenters. The molecular weight excluding hydrogens is 456 g/mol. The molecule has 6 heteroatoms. The van der Waals surface area contributed by atoms with Gasteiger partial charge in [-0.25, -0.2) is 9.38 Å². The maximum Gasteiger partial charge on any atom is 0.274 e. The number of nitrogens with zero attached hydrogens (tertiary/aromatic N) is 2. The first-order valence-corrected chi connectivity index (χ1v) is 12.7. The van der Waals surface area contributed by atoms with Crippen molar-refractivity contribution in [1.82, 2.24) is 9.38 Å². The summed E-state index contributed by atoms with van der Waals surface area (Å²) in [6.07, 6.45) is 2.70. The fourth-order valence-electron chi connectivity index (χ4n) is 4.10. The molecule has 0 bridgehead atoms. The number of imidazole rings is 1. The largest absolute Gasteiger partial charge is 0.493 e. The van der Waals surface area contributed by atoms with Crippen LogP contribution in [0.25, 0.3) is 22.1 Å². The Kier molecular flexibility index (Phi) is 6.55. The van der Waals surface area contributed by atoms with Crippen LogP contribution in [-0.2, 0) is 0 Å². The third kappa shape index (κ3) is 4.93. The summed E-state index contributed by atoms with van der Waals surface area (Å²) in [5.41, 5.74) is 5.04. The van der Waals surface area contributed by atoms with Crippen molar-refractivity contribution in [3.05, 3.63) is 98.3 Å². The molecule has 0 aliphatic heterocycles. The first-order chi connectivity index (χ1) is 17.0. The number of ether oxygens (including phenoxy) is 2. The van der Waals surface area contributed by atoms with Crippen molar-refractivity contribution in [2.24, 2.45) is 0 Å². The number of rotatable bonds is 8. The van der Waals surface area contributed by atoms with E-state index in [-0.39, 0.29) is 5.56 Å². The van der Waals surface area contributed by atoms with E-state index in [9.17, 15) is 4.79 Å². The SMILES string of the molecule is Cc1ccc(C(C)C)c(OCCCOc2ccc(C=c3sc4nc5ccccc5n4c3=O)cc2)c1. The van der Waals surface area contributed by atoms with E-state index in [0.29, 0.717) is 23.7 Å². The van der Waals surface area contributed by atoms with Crippen LogP contribution in [0.15, 0.2) is 71.5 Å². The van der Waals surface area contributed by atoms with Gasteiger partial charge in [0.15, 0.2) is 4.96 Å². The Morgan fingerprint density at radius 2 is 1.77 bits per heavy atom. The number of aryl methyl sites for hydroxylation is 1. The number of thiazole rings is 1. The first kappa shape index (κ1) is 23.1. The molecule has 0 aliphatic carbocycles. The third-order valence-electron chi connectivity index (χ3n) is 5.93. The van der Waals surface area contributed by atoms with Crippen LogP contribution in [0, 0.1) is 6.92 Å². The first-order valence-electron chi connectivity index (χ1n) is 11.9. The second-order valence-corrected chi connectivity index (χ2v) is 9.96. The van der Waals surface area contributed by atoms with Gasteiger partial charge in [0.1, 0.15) is 11.5 Å². The van der Waals surface area contributed by atoms with Gasteiger partial charge in [-0.05, 0) is 65.9 Å². The molecule has 35 heavy (non-hydrogen) atoms. The lowest BCUT2D eigenvalue weighted by molar-refractivity contribution is 0.245. The monoisotopic (exact) mass is 484 g/mol. The van der Waals surface area contributed by atoms with Gasteiger partial charge in [-0.3, -0.25) is 4.79 Å². The van der Waals surface area contributed by atoms with Crippen LogP contribution in [0.5, 0.6) is 11.5 Å². The number of benzene rings is 3. The Morgan fingerprint density at radius 3 is 2.57 bits per heavy atom. The molecule has 178 valence electrons. The van der Waals surface area contributed by atoms with Crippen molar-refractivity contribution in [3.8, 4) is 11.5 Å². The maximum absolute atomic E-state index is 12.9. The molecule has 5 aromatic rings. The van der Waals surface area contributed by atoms with Crippen molar-refractivity contribution < 1.29 is 9.47 Å². The summed E-state index contributed by atoms with van der Waals surface area (Å²) in [6.45, 7) is 7.62. The van der Waals surface area contributed by atoms with Gasteiger partial charge in [0.25, 0.3) is 5.56 Å². The smallest absolute Gasteiger partial charge is 0.274 e. The van der Waals surface area contributed by atoms with Crippen LogP contribution >= 0.6 is 11.3 Å². The summed E-state index contributed by atoms with van der Waals surface area (Å²) in [4.78, 5) is 18.2. The summed E-state index contributed by atoms with van der Waals surface area (Å²) in [6, 6.07) is 21.9. The van der Waals surface area contributed by atoms with Crippen LogP contribution in [-0.4, -0.2) is 22.6 Å². The Hall–Kier alpha value is -3.64. The average molecular weight is 485 g/mol. The lowest BCUT2D eigenvalue weighted by Crippen LogP contribution is -2.22. The van der Waals surface area contributed by atoms with Crippen molar-refractivity contribution >= 4 is 33.4 Å². The standard InChI is InChI=1S/C29H28N2O3S/c1-19(2)23-14-9-20(3)17-26(23)34-16-6-15-33-22-12-10-21(11-13-22)18-27-28(32)31-25-8-5-4-7-24(25)30-29(31)35-27/h4-5,7-14,17-19H,6,15-16H2,1-3H3. The van der Waals surface area contributed by atoms with Crippen molar-refractivity contribution in [2.45, 2.75) is 33.1 Å². The van der Waals surface area contributed by atoms with E-state index in [1.165, 1.54) is 22.5 Å². The Labute approximate surface area is 208 Å². The predicted molar refractivity (Wildman–Crippen MR) is 143 cm³/mol. The zero-order chi connectivity index (χ0) is 24.4. The van der Waals surface area contributed by atoms with E-state index < -0.39 is 0 Å². The van der Waals surface area contributed by atoms with Gasteiger partial charge in [0.05, 0.1) is 28.8 Å². The second-order valence-electron chi connectivity index (χ2n) is 8.95. The Balaban J connectivity index is 1.20. The highest BCUT2D eigenvalue weighted by molar-refractivity contribution is 7.15. The van der Waals surface area contributed by atoms with Gasteiger partial charge >= 0.3 is 0 Å². The maximum atomic E-state index is 12.9. The lowest BCUT2D eigenvalue weighted by atomic mass is 10.0. The molecular formula is C29H28N2O3S. The molecule has 0 saturated carbocycles. The van der Waals surface area contributed by atoms with E-state index in [0.717, 1.165) is 39.5 Å². The highest BCUT2D eigenvalue weighted by Gasteiger charge is 2.11. The summed E-state index contributed by atoms with van der Waals surface area (Å²) >= 11 is 1.41. The average Bonchev–Trinajstić information content (AvgIpc) is 3.35. The molecule has 0 N–H and O–H groups in total. The number of aromatic nitrogens is 2. The van der Waals surface area contributed by atoms with E-state index >= 15 is 0 Å². The van der Waals surface area contributed by atoms with Gasteiger partial charge in [-0.2, -0.15) is 0 Å². The Morgan fingerprint density at radius 1 is 1.00 bits per heavy atom. The van der Waals surface area contributed by atoms with Crippen molar-refractivity contribution in [1.29, 1.82) is 0 Å². The van der Waals surface area contributed by atoms with Crippen LogP contribution in [0.4, 0.5) is 0 Å². The number of hydrogen-bond acceptors (Lipinski definition) is 5. The van der Waals surface area contributed by atoms with E-state index in [1.807, 2.05) is 54.6 Å². The highest BCUT2D eigenvalue weighted by Crippen LogP contribution is 2.27. The van der Waals surface area contributed by atoms with E-state index in [4.69, 9.17) is 9.47 Å². The molecule has 5 nitrogen and oxygen atoms in total. The van der Waals surface area contributed by atoms with Gasteiger partial charge < -0.3 is 9.47 Å². The molecule has 2 heterocycles. The van der Waals surface area contributed by atoms with E-state index in [1.54, 1.807) is 4.40 Å². The van der Waals surface area contributed by atoms with Gasteiger partial charge in [-0.1, -0.05) is 61.6 Å². The Bertz CT molecular complexity index is 1580. The molecule has 0 spiro atoms. The minimum Gasteiger partial charge on any atom is -0.493 e.